The number of hydrogen-bond donors (Lipinski definition) is 0. The summed E-state index contributed by atoms with van der Waals surface area (Å²) in [7, 11) is 0. The molecule has 4 aliphatic rings. The van der Waals surface area contributed by atoms with Crippen molar-refractivity contribution in [3.8, 4) is 5.75 Å². The fraction of sp³-hybridized carbons (Fsp3) is 0.320. The van der Waals surface area contributed by atoms with Gasteiger partial charge in [-0.15, -0.1) is 0 Å². The second kappa shape index (κ2) is 7.79. The zero-order chi connectivity index (χ0) is 22.9. The number of fused-ring (bicyclic) bond motifs is 3. The number of halogens is 3. The van der Waals surface area contributed by atoms with Crippen LogP contribution in [0, 0.1) is 29.1 Å². The number of hydrazone groups is 1. The summed E-state index contributed by atoms with van der Waals surface area (Å²) in [6, 6.07) is 11.2. The third kappa shape index (κ3) is 3.34. The van der Waals surface area contributed by atoms with Crippen LogP contribution in [0.25, 0.3) is 0 Å². The first-order valence-corrected chi connectivity index (χ1v) is 12.8. The summed E-state index contributed by atoms with van der Waals surface area (Å²) < 4.78 is 7.43. The van der Waals surface area contributed by atoms with Crippen molar-refractivity contribution < 1.29 is 14.3 Å². The van der Waals surface area contributed by atoms with Crippen molar-refractivity contribution in [1.29, 1.82) is 0 Å². The van der Waals surface area contributed by atoms with E-state index in [0.717, 1.165) is 37.9 Å². The lowest BCUT2D eigenvalue weighted by atomic mass is 9.85. The van der Waals surface area contributed by atoms with E-state index in [2.05, 4.69) is 49.1 Å². The van der Waals surface area contributed by atoms with E-state index in [9.17, 15) is 9.59 Å². The van der Waals surface area contributed by atoms with Crippen LogP contribution in [0.4, 0.5) is 0 Å². The molecule has 1 aliphatic heterocycles. The van der Waals surface area contributed by atoms with Gasteiger partial charge in [0.05, 0.1) is 27.0 Å². The number of allylic oxidation sites excluding steroid dienone is 2. The first kappa shape index (κ1) is 21.6. The highest BCUT2D eigenvalue weighted by atomic mass is 79.9. The Balaban J connectivity index is 1.18. The Morgan fingerprint density at radius 3 is 2.15 bits per heavy atom. The molecule has 0 radical (unpaired) electrons. The van der Waals surface area contributed by atoms with Crippen molar-refractivity contribution in [3.63, 3.8) is 0 Å². The number of benzene rings is 2. The molecule has 6 rings (SSSR count). The second-order valence-corrected chi connectivity index (χ2v) is 11.3. The molecule has 2 saturated carbocycles. The minimum atomic E-state index is -0.241. The van der Waals surface area contributed by atoms with Gasteiger partial charge in [-0.25, -0.2) is 0 Å². The highest BCUT2D eigenvalue weighted by Crippen LogP contribution is 2.73. The molecular weight excluding hydrogens is 572 g/mol. The average molecular weight is 591 g/mol. The molecular formula is C25H19Br2ClN2O3. The van der Waals surface area contributed by atoms with Crippen LogP contribution in [-0.2, 0) is 16.2 Å². The van der Waals surface area contributed by atoms with E-state index < -0.39 is 0 Å². The van der Waals surface area contributed by atoms with Crippen LogP contribution in [0.2, 0.25) is 5.02 Å². The number of ether oxygens (including phenoxy) is 1. The highest BCUT2D eigenvalue weighted by molar-refractivity contribution is 9.11. The summed E-state index contributed by atoms with van der Waals surface area (Å²) >= 11 is 13.0. The van der Waals surface area contributed by atoms with Gasteiger partial charge >= 0.3 is 0 Å². The van der Waals surface area contributed by atoms with Gasteiger partial charge in [-0.05, 0) is 97.3 Å². The third-order valence-corrected chi connectivity index (χ3v) is 8.90. The predicted octanol–water partition coefficient (Wildman–Crippen LogP) is 5.98. The number of amides is 2. The molecule has 5 nitrogen and oxygen atoms in total. The van der Waals surface area contributed by atoms with Crippen molar-refractivity contribution >= 4 is 61.5 Å². The Bertz CT molecular complexity index is 1180. The molecule has 0 unspecified atom stereocenters. The molecule has 0 N–H and O–H groups in total. The van der Waals surface area contributed by atoms with E-state index in [4.69, 9.17) is 16.3 Å². The molecule has 2 amide bonds. The normalized spacial score (nSPS) is 28.4. The van der Waals surface area contributed by atoms with Gasteiger partial charge in [-0.2, -0.15) is 10.1 Å². The molecule has 4 atom stereocenters. The van der Waals surface area contributed by atoms with E-state index in [-0.39, 0.29) is 40.9 Å². The average Bonchev–Trinajstić information content (AvgIpc) is 3.39. The summed E-state index contributed by atoms with van der Waals surface area (Å²) in [5.74, 6) is 0.246. The fourth-order valence-corrected chi connectivity index (χ4v) is 7.41. The first-order chi connectivity index (χ1) is 15.9. The molecule has 33 heavy (non-hydrogen) atoms. The maximum Gasteiger partial charge on any atom is 0.254 e. The van der Waals surface area contributed by atoms with Gasteiger partial charge in [-0.3, -0.25) is 9.59 Å². The third-order valence-electron chi connectivity index (χ3n) is 7.47. The summed E-state index contributed by atoms with van der Waals surface area (Å²) in [5.41, 5.74) is 1.93. The van der Waals surface area contributed by atoms with Crippen LogP contribution in [0.15, 0.2) is 62.6 Å². The van der Waals surface area contributed by atoms with E-state index in [0.29, 0.717) is 17.4 Å². The van der Waals surface area contributed by atoms with Gasteiger partial charge in [0.25, 0.3) is 11.8 Å². The summed E-state index contributed by atoms with van der Waals surface area (Å²) in [6.45, 7) is 0.388. The molecule has 0 aromatic heterocycles. The van der Waals surface area contributed by atoms with Crippen molar-refractivity contribution in [1.82, 2.24) is 5.01 Å². The summed E-state index contributed by atoms with van der Waals surface area (Å²) in [5, 5.41) is 6.07. The topological polar surface area (TPSA) is 59.0 Å². The van der Waals surface area contributed by atoms with E-state index in [1.807, 2.05) is 36.4 Å². The van der Waals surface area contributed by atoms with Gasteiger partial charge in [0, 0.05) is 5.02 Å². The van der Waals surface area contributed by atoms with Crippen LogP contribution in [0.1, 0.15) is 24.0 Å². The molecule has 3 aliphatic carbocycles. The molecule has 2 aromatic rings. The Morgan fingerprint density at radius 1 is 1.03 bits per heavy atom. The number of hydrogen-bond acceptors (Lipinski definition) is 4. The molecule has 1 spiro atoms. The van der Waals surface area contributed by atoms with Crippen molar-refractivity contribution in [2.45, 2.75) is 19.4 Å². The lowest BCUT2D eigenvalue weighted by molar-refractivity contribution is -0.141. The second-order valence-electron chi connectivity index (χ2n) is 9.18. The summed E-state index contributed by atoms with van der Waals surface area (Å²) in [4.78, 5) is 26.1. The standard InChI is InChI=1S/C25H19Br2ClN2O3/c26-18-9-14(10-19(27)22(18)33-12-13-1-3-15(28)4-2-13)11-29-30-23(31)20-16-5-6-17(21(20)24(30)32)25(16)7-8-25/h1-6,9-11,16-17,20-21H,7-8,12H2/b29-11-/t16-,17-,20-,21-/m1/s1. The van der Waals surface area contributed by atoms with E-state index in [1.165, 1.54) is 0 Å². The van der Waals surface area contributed by atoms with Gasteiger partial charge in [0.15, 0.2) is 0 Å². The molecule has 8 heteroatoms. The number of carbonyl (C=O) groups is 2. The maximum atomic E-state index is 13.1. The number of rotatable bonds is 5. The number of nitrogens with zero attached hydrogens (tertiary/aromatic N) is 2. The summed E-state index contributed by atoms with van der Waals surface area (Å²) in [6.07, 6.45) is 8.13. The molecule has 1 heterocycles. The smallest absolute Gasteiger partial charge is 0.254 e. The Morgan fingerprint density at radius 2 is 1.61 bits per heavy atom. The molecule has 2 aromatic carbocycles. The number of imide groups is 1. The Kier molecular flexibility index (Phi) is 5.09. The zero-order valence-corrected chi connectivity index (χ0v) is 21.3. The Labute approximate surface area is 213 Å². The predicted molar refractivity (Wildman–Crippen MR) is 132 cm³/mol. The van der Waals surface area contributed by atoms with Gasteiger partial charge in [0.1, 0.15) is 12.4 Å². The highest BCUT2D eigenvalue weighted by Gasteiger charge is 2.73. The first-order valence-electron chi connectivity index (χ1n) is 10.9. The molecule has 2 bridgehead atoms. The molecule has 3 fully saturated rings. The van der Waals surface area contributed by atoms with Gasteiger partial charge < -0.3 is 4.74 Å². The minimum absolute atomic E-state index is 0.162. The zero-order valence-electron chi connectivity index (χ0n) is 17.4. The SMILES string of the molecule is O=C1[C@H]2[C@H](C(=O)N1/N=C\c1cc(Br)c(OCc3ccc(Cl)cc3)c(Br)c1)[C@H]1C=C[C@H]2C12CC2. The van der Waals surface area contributed by atoms with Crippen LogP contribution >= 0.6 is 43.5 Å². The largest absolute Gasteiger partial charge is 0.487 e. The molecule has 168 valence electrons. The van der Waals surface area contributed by atoms with Gasteiger partial charge in [0.2, 0.25) is 0 Å². The van der Waals surface area contributed by atoms with E-state index >= 15 is 0 Å². The van der Waals surface area contributed by atoms with Crippen LogP contribution in [0.5, 0.6) is 5.75 Å². The molecule has 1 saturated heterocycles. The number of carbonyl (C=O) groups excluding carboxylic acids is 2. The fourth-order valence-electron chi connectivity index (χ4n) is 5.83. The van der Waals surface area contributed by atoms with Crippen LogP contribution in [0.3, 0.4) is 0 Å². The van der Waals surface area contributed by atoms with Crippen LogP contribution < -0.4 is 4.74 Å². The van der Waals surface area contributed by atoms with Crippen molar-refractivity contribution in [2.75, 3.05) is 0 Å². The monoisotopic (exact) mass is 588 g/mol. The lowest BCUT2D eigenvalue weighted by Gasteiger charge is -2.18. The maximum absolute atomic E-state index is 13.1. The van der Waals surface area contributed by atoms with Gasteiger partial charge in [-0.1, -0.05) is 35.9 Å². The van der Waals surface area contributed by atoms with Crippen LogP contribution in [-0.4, -0.2) is 23.0 Å². The minimum Gasteiger partial charge on any atom is -0.487 e. The Hall–Kier alpha value is -1.96. The van der Waals surface area contributed by atoms with E-state index in [1.54, 1.807) is 6.21 Å². The van der Waals surface area contributed by atoms with Crippen molar-refractivity contribution in [2.24, 2.45) is 34.2 Å². The van der Waals surface area contributed by atoms with Crippen molar-refractivity contribution in [3.05, 3.63) is 73.6 Å². The lowest BCUT2D eigenvalue weighted by Crippen LogP contribution is -2.30. The quantitative estimate of drug-likeness (QED) is 0.245.